The molecule has 2 N–H and O–H groups in total. The van der Waals surface area contributed by atoms with Crippen LogP contribution in [0.5, 0.6) is 5.75 Å². The Balaban J connectivity index is 1.75. The van der Waals surface area contributed by atoms with Gasteiger partial charge in [-0.3, -0.25) is 4.79 Å². The highest BCUT2D eigenvalue weighted by molar-refractivity contribution is 7.71. The normalized spacial score (nSPS) is 16.3. The average molecular weight is 323 g/mol. The Morgan fingerprint density at radius 1 is 1.17 bits per heavy atom. The zero-order valence-electron chi connectivity index (χ0n) is 12.1. The number of phenols is 1. The average Bonchev–Trinajstić information content (AvgIpc) is 2.87. The third-order valence-corrected chi connectivity index (χ3v) is 4.27. The van der Waals surface area contributed by atoms with Gasteiger partial charge in [0.2, 0.25) is 4.77 Å². The van der Waals surface area contributed by atoms with Crippen LogP contribution in [0.4, 0.5) is 5.82 Å². The van der Waals surface area contributed by atoms with Crippen LogP contribution in [0.15, 0.2) is 48.5 Å². The fourth-order valence-electron chi connectivity index (χ4n) is 2.88. The first-order chi connectivity index (χ1) is 11.1. The van der Waals surface area contributed by atoms with Crippen LogP contribution in [-0.2, 0) is 6.42 Å². The minimum atomic E-state index is -0.395. The van der Waals surface area contributed by atoms with Crippen LogP contribution < -0.4 is 5.32 Å². The Hall–Kier alpha value is -2.73. The maximum Gasteiger partial charge on any atom is 0.257 e. The molecule has 23 heavy (non-hydrogen) atoms. The van der Waals surface area contributed by atoms with E-state index in [-0.39, 0.29) is 16.4 Å². The molecule has 0 spiro atoms. The van der Waals surface area contributed by atoms with Gasteiger partial charge in [0.05, 0.1) is 5.52 Å². The van der Waals surface area contributed by atoms with Crippen LogP contribution in [0.25, 0.3) is 10.9 Å². The fraction of sp³-hybridized carbons (Fsp3) is 0.118. The summed E-state index contributed by atoms with van der Waals surface area (Å²) in [5.41, 5.74) is 1.74. The van der Waals surface area contributed by atoms with Crippen LogP contribution in [0.3, 0.4) is 0 Å². The highest BCUT2D eigenvalue weighted by Crippen LogP contribution is 2.29. The van der Waals surface area contributed by atoms with Gasteiger partial charge in [0, 0.05) is 11.8 Å². The van der Waals surface area contributed by atoms with Gasteiger partial charge >= 0.3 is 0 Å². The second kappa shape index (κ2) is 5.17. The smallest absolute Gasteiger partial charge is 0.257 e. The van der Waals surface area contributed by atoms with Crippen LogP contribution in [0.2, 0.25) is 0 Å². The number of anilines is 1. The van der Waals surface area contributed by atoms with Crippen LogP contribution >= 0.6 is 12.2 Å². The lowest BCUT2D eigenvalue weighted by Gasteiger charge is -2.09. The number of nitrogens with zero attached hydrogens (tertiary/aromatic N) is 2. The van der Waals surface area contributed by atoms with Crippen molar-refractivity contribution < 1.29 is 9.90 Å². The number of carbonyl (C=O) groups excluding carboxylic acids is 1. The van der Waals surface area contributed by atoms with Gasteiger partial charge < -0.3 is 10.4 Å². The lowest BCUT2D eigenvalue weighted by molar-refractivity contribution is 0.0905. The van der Waals surface area contributed by atoms with Gasteiger partial charge in [0.15, 0.2) is 0 Å². The fourth-order valence-corrected chi connectivity index (χ4v) is 3.16. The zero-order valence-corrected chi connectivity index (χ0v) is 12.9. The second-order valence-corrected chi connectivity index (χ2v) is 5.87. The molecule has 1 aliphatic heterocycles. The Bertz CT molecular complexity index is 979. The van der Waals surface area contributed by atoms with Gasteiger partial charge in [0.1, 0.15) is 17.6 Å². The summed E-state index contributed by atoms with van der Waals surface area (Å²) in [5.74, 6) is 0.811. The number of para-hydroxylation sites is 1. The number of hydrogen-bond acceptors (Lipinski definition) is 5. The molecule has 5 nitrogen and oxygen atoms in total. The summed E-state index contributed by atoms with van der Waals surface area (Å²) in [4.78, 5) is 17.0. The molecule has 0 unspecified atom stereocenters. The number of aromatic nitrogens is 2. The summed E-state index contributed by atoms with van der Waals surface area (Å²) in [6.45, 7) is 0. The third-order valence-electron chi connectivity index (χ3n) is 4.00. The lowest BCUT2D eigenvalue weighted by Crippen LogP contribution is -2.27. The van der Waals surface area contributed by atoms with Gasteiger partial charge in [-0.2, -0.15) is 0 Å². The van der Waals surface area contributed by atoms with Crippen molar-refractivity contribution >= 4 is 34.8 Å². The van der Waals surface area contributed by atoms with E-state index >= 15 is 0 Å². The predicted molar refractivity (Wildman–Crippen MR) is 90.4 cm³/mol. The largest absolute Gasteiger partial charge is 0.508 e. The van der Waals surface area contributed by atoms with E-state index in [1.807, 2.05) is 36.4 Å². The molecule has 3 aromatic rings. The quantitative estimate of drug-likeness (QED) is 0.709. The predicted octanol–water partition coefficient (Wildman–Crippen LogP) is 3.15. The molecule has 1 aromatic heterocycles. The summed E-state index contributed by atoms with van der Waals surface area (Å²) in [5, 5.41) is 13.5. The number of benzene rings is 2. The summed E-state index contributed by atoms with van der Waals surface area (Å²) >= 11 is 5.28. The monoisotopic (exact) mass is 323 g/mol. The number of fused-ring (bicyclic) bond motifs is 3. The molecule has 0 radical (unpaired) electrons. The standard InChI is InChI=1S/C17H13N3O2S/c21-11-7-5-10(6-8-11)9-14-16(22)20-15(18-14)12-3-1-2-4-13(12)19-17(20)23/h1-8,14,18,21H,9H2/t14-/m1/s1. The molecule has 0 saturated heterocycles. The Morgan fingerprint density at radius 3 is 2.70 bits per heavy atom. The second-order valence-electron chi connectivity index (χ2n) is 5.50. The molecular weight excluding hydrogens is 310 g/mol. The van der Waals surface area contributed by atoms with Crippen molar-refractivity contribution in [2.75, 3.05) is 5.32 Å². The highest BCUT2D eigenvalue weighted by Gasteiger charge is 2.31. The SMILES string of the molecule is O=C1[C@@H](Cc2ccc(O)cc2)Nc2c3ccccc3nc(=S)n21. The molecule has 0 fully saturated rings. The van der Waals surface area contributed by atoms with Gasteiger partial charge in [-0.15, -0.1) is 0 Å². The van der Waals surface area contributed by atoms with E-state index in [9.17, 15) is 9.90 Å². The van der Waals surface area contributed by atoms with Crippen molar-refractivity contribution in [3.05, 3.63) is 58.9 Å². The Morgan fingerprint density at radius 2 is 1.91 bits per heavy atom. The molecule has 0 aliphatic carbocycles. The Labute approximate surface area is 137 Å². The lowest BCUT2D eigenvalue weighted by atomic mass is 10.1. The molecule has 6 heteroatoms. The molecular formula is C17H13N3O2S. The Kier molecular flexibility index (Phi) is 3.12. The highest BCUT2D eigenvalue weighted by atomic mass is 32.1. The summed E-state index contributed by atoms with van der Waals surface area (Å²) in [7, 11) is 0. The summed E-state index contributed by atoms with van der Waals surface area (Å²) in [6.07, 6.45) is 0.518. The van der Waals surface area contributed by atoms with Gasteiger partial charge in [0.25, 0.3) is 5.91 Å². The maximum atomic E-state index is 12.7. The van der Waals surface area contributed by atoms with E-state index < -0.39 is 6.04 Å². The van der Waals surface area contributed by atoms with E-state index in [1.54, 1.807) is 12.1 Å². The third kappa shape index (κ3) is 2.27. The number of aromatic hydroxyl groups is 1. The number of carbonyl (C=O) groups is 1. The molecule has 0 bridgehead atoms. The molecule has 1 atom stereocenters. The minimum absolute atomic E-state index is 0.101. The van der Waals surface area contributed by atoms with E-state index in [2.05, 4.69) is 10.3 Å². The first-order valence-electron chi connectivity index (χ1n) is 7.24. The van der Waals surface area contributed by atoms with E-state index in [0.717, 1.165) is 16.5 Å². The van der Waals surface area contributed by atoms with Crippen LogP contribution in [0.1, 0.15) is 10.4 Å². The summed E-state index contributed by atoms with van der Waals surface area (Å²) in [6, 6.07) is 14.1. The number of nitrogens with one attached hydrogen (secondary N) is 1. The number of hydrogen-bond donors (Lipinski definition) is 2. The molecule has 0 amide bonds. The summed E-state index contributed by atoms with van der Waals surface area (Å²) < 4.78 is 1.74. The topological polar surface area (TPSA) is 67.2 Å². The maximum absolute atomic E-state index is 12.7. The molecule has 2 heterocycles. The first-order valence-corrected chi connectivity index (χ1v) is 7.65. The van der Waals surface area contributed by atoms with E-state index in [1.165, 1.54) is 4.57 Å². The van der Waals surface area contributed by atoms with Crippen LogP contribution in [0, 0.1) is 4.77 Å². The van der Waals surface area contributed by atoms with Gasteiger partial charge in [-0.25, -0.2) is 9.55 Å². The minimum Gasteiger partial charge on any atom is -0.508 e. The molecule has 114 valence electrons. The zero-order chi connectivity index (χ0) is 16.0. The number of phenolic OH excluding ortho intramolecular Hbond substituents is 1. The van der Waals surface area contributed by atoms with Crippen LogP contribution in [-0.4, -0.2) is 26.6 Å². The van der Waals surface area contributed by atoms with E-state index in [4.69, 9.17) is 12.2 Å². The van der Waals surface area contributed by atoms with Gasteiger partial charge in [-0.1, -0.05) is 24.3 Å². The van der Waals surface area contributed by atoms with E-state index in [0.29, 0.717) is 12.2 Å². The number of rotatable bonds is 2. The molecule has 4 rings (SSSR count). The van der Waals surface area contributed by atoms with Gasteiger partial charge in [-0.05, 0) is 42.0 Å². The van der Waals surface area contributed by atoms with Crippen molar-refractivity contribution in [2.24, 2.45) is 0 Å². The molecule has 0 saturated carbocycles. The van der Waals surface area contributed by atoms with Crippen molar-refractivity contribution in [3.8, 4) is 5.75 Å². The molecule has 2 aromatic carbocycles. The van der Waals surface area contributed by atoms with Crippen molar-refractivity contribution in [3.63, 3.8) is 0 Å². The van der Waals surface area contributed by atoms with Crippen molar-refractivity contribution in [2.45, 2.75) is 12.5 Å². The first kappa shape index (κ1) is 13.9. The van der Waals surface area contributed by atoms with Crippen molar-refractivity contribution in [1.82, 2.24) is 9.55 Å². The van der Waals surface area contributed by atoms with Crippen molar-refractivity contribution in [1.29, 1.82) is 0 Å². The molecule has 1 aliphatic rings.